The zero-order valence-electron chi connectivity index (χ0n) is 24.7. The highest BCUT2D eigenvalue weighted by atomic mass is 32.1. The van der Waals surface area contributed by atoms with E-state index < -0.39 is 23.2 Å². The number of fused-ring (bicyclic) bond motifs is 5. The fourth-order valence-electron chi connectivity index (χ4n) is 6.79. The zero-order valence-corrected chi connectivity index (χ0v) is 25.5. The third-order valence-electron chi connectivity index (χ3n) is 9.28. The van der Waals surface area contributed by atoms with Crippen molar-refractivity contribution in [3.8, 4) is 11.1 Å². The summed E-state index contributed by atoms with van der Waals surface area (Å²) in [6, 6.07) is 9.62. The molecule has 1 amide bonds. The van der Waals surface area contributed by atoms with Crippen LogP contribution in [0.3, 0.4) is 0 Å². The summed E-state index contributed by atoms with van der Waals surface area (Å²) < 4.78 is 32.1. The fourth-order valence-corrected chi connectivity index (χ4v) is 8.08. The van der Waals surface area contributed by atoms with Crippen molar-refractivity contribution in [3.63, 3.8) is 0 Å². The molecule has 44 heavy (non-hydrogen) atoms. The molecule has 4 aromatic rings. The van der Waals surface area contributed by atoms with Gasteiger partial charge >= 0.3 is 0 Å². The number of aromatic nitrogens is 2. The molecule has 2 fully saturated rings. The van der Waals surface area contributed by atoms with Crippen LogP contribution in [0.15, 0.2) is 53.6 Å². The second kappa shape index (κ2) is 11.4. The van der Waals surface area contributed by atoms with Crippen molar-refractivity contribution in [3.05, 3.63) is 86.1 Å². The van der Waals surface area contributed by atoms with Crippen LogP contribution in [-0.2, 0) is 7.05 Å². The van der Waals surface area contributed by atoms with E-state index in [4.69, 9.17) is 0 Å². The number of halogens is 2. The molecule has 2 unspecified atom stereocenters. The van der Waals surface area contributed by atoms with Gasteiger partial charge in [0.25, 0.3) is 11.5 Å². The van der Waals surface area contributed by atoms with Gasteiger partial charge in [0.15, 0.2) is 5.82 Å². The number of pyridine rings is 2. The molecule has 2 bridgehead atoms. The molecule has 1 aliphatic heterocycles. The van der Waals surface area contributed by atoms with E-state index >= 15 is 4.39 Å². The van der Waals surface area contributed by atoms with Crippen molar-refractivity contribution >= 4 is 40.1 Å². The lowest BCUT2D eigenvalue weighted by Crippen LogP contribution is -2.46. The fraction of sp³-hybridized carbons (Fsp3) is 0.364. The Balaban J connectivity index is 1.12. The quantitative estimate of drug-likeness (QED) is 0.254. The number of amides is 1. The standard InChI is InChI=1S/C33H34F2N6O2S/c1-3-40-10-12-41(13-11-40)22-6-9-28(36-17-22)37-26-15-21(18-39(2)33(26)43)23-7-8-25(34)30(29(23)35)38-32(42)27-16-24-19-4-5-20(14-19)31(24)44-27/h6-9,15-20H,3-5,10-14H2,1-2H3,(H,36,37)(H,38,42). The predicted octanol–water partition coefficient (Wildman–Crippen LogP) is 6.29. The minimum atomic E-state index is -0.905. The second-order valence-electron chi connectivity index (χ2n) is 11.9. The van der Waals surface area contributed by atoms with Crippen LogP contribution in [0.2, 0.25) is 0 Å². The summed E-state index contributed by atoms with van der Waals surface area (Å²) in [6.07, 6.45) is 6.68. The van der Waals surface area contributed by atoms with Crippen LogP contribution in [0.1, 0.15) is 58.1 Å². The normalized spacial score (nSPS) is 19.3. The van der Waals surface area contributed by atoms with Crippen molar-refractivity contribution in [1.82, 2.24) is 14.5 Å². The summed E-state index contributed by atoms with van der Waals surface area (Å²) in [5, 5.41) is 5.55. The molecule has 1 aromatic carbocycles. The number of thiophene rings is 1. The van der Waals surface area contributed by atoms with Crippen LogP contribution in [0.25, 0.3) is 11.1 Å². The van der Waals surface area contributed by atoms with E-state index in [1.165, 1.54) is 44.7 Å². The number of nitrogens with zero attached hydrogens (tertiary/aromatic N) is 4. The van der Waals surface area contributed by atoms with Gasteiger partial charge in [0.1, 0.15) is 23.0 Å². The van der Waals surface area contributed by atoms with Gasteiger partial charge in [0.2, 0.25) is 0 Å². The molecule has 2 atom stereocenters. The number of piperazine rings is 1. The number of hydrogen-bond acceptors (Lipinski definition) is 7. The molecule has 1 saturated heterocycles. The van der Waals surface area contributed by atoms with E-state index in [9.17, 15) is 14.0 Å². The molecule has 7 rings (SSSR count). The largest absolute Gasteiger partial charge is 0.368 e. The summed E-state index contributed by atoms with van der Waals surface area (Å²) in [4.78, 5) is 37.0. The SMILES string of the molecule is CCN1CCN(c2ccc(Nc3cc(-c4ccc(F)c(NC(=O)c5cc6c(s5)C5CCC6C5)c4F)cn(C)c3=O)nc2)CC1. The van der Waals surface area contributed by atoms with Gasteiger partial charge in [0.05, 0.1) is 16.8 Å². The minimum absolute atomic E-state index is 0.0570. The van der Waals surface area contributed by atoms with Crippen LogP contribution < -0.4 is 21.1 Å². The lowest BCUT2D eigenvalue weighted by Gasteiger charge is -2.35. The van der Waals surface area contributed by atoms with Crippen LogP contribution in [-0.4, -0.2) is 53.1 Å². The molecular formula is C33H34F2N6O2S. The number of nitrogens with one attached hydrogen (secondary N) is 2. The third kappa shape index (κ3) is 5.17. The molecule has 2 N–H and O–H groups in total. The second-order valence-corrected chi connectivity index (χ2v) is 13.0. The number of carbonyl (C=O) groups is 1. The maximum absolute atomic E-state index is 15.9. The van der Waals surface area contributed by atoms with E-state index in [2.05, 4.69) is 32.3 Å². The number of carbonyl (C=O) groups excluding carboxylic acids is 1. The van der Waals surface area contributed by atoms with Crippen molar-refractivity contribution < 1.29 is 13.6 Å². The van der Waals surface area contributed by atoms with Crippen LogP contribution in [0.5, 0.6) is 0 Å². The van der Waals surface area contributed by atoms with Gasteiger partial charge in [-0.2, -0.15) is 0 Å². The molecule has 4 heterocycles. The van der Waals surface area contributed by atoms with E-state index in [0.717, 1.165) is 63.7 Å². The summed E-state index contributed by atoms with van der Waals surface area (Å²) in [5.41, 5.74) is 1.99. The molecule has 8 nitrogen and oxygen atoms in total. The van der Waals surface area contributed by atoms with Gasteiger partial charge in [-0.15, -0.1) is 11.3 Å². The van der Waals surface area contributed by atoms with Crippen LogP contribution >= 0.6 is 11.3 Å². The highest BCUT2D eigenvalue weighted by Crippen LogP contribution is 2.56. The molecule has 3 aliphatic rings. The maximum Gasteiger partial charge on any atom is 0.274 e. The number of anilines is 4. The first-order chi connectivity index (χ1) is 21.3. The van der Waals surface area contributed by atoms with E-state index in [1.54, 1.807) is 13.2 Å². The van der Waals surface area contributed by atoms with E-state index in [0.29, 0.717) is 28.1 Å². The molecule has 228 valence electrons. The van der Waals surface area contributed by atoms with E-state index in [1.807, 2.05) is 18.2 Å². The number of aryl methyl sites for hydroxylation is 1. The van der Waals surface area contributed by atoms with Crippen molar-refractivity contribution in [2.75, 3.05) is 48.3 Å². The Hall–Kier alpha value is -4.09. The molecule has 0 spiro atoms. The smallest absolute Gasteiger partial charge is 0.274 e. The molecule has 1 saturated carbocycles. The predicted molar refractivity (Wildman–Crippen MR) is 170 cm³/mol. The summed E-state index contributed by atoms with van der Waals surface area (Å²) in [5.74, 6) is -0.833. The Morgan fingerprint density at radius 1 is 1.07 bits per heavy atom. The average molecular weight is 617 g/mol. The Morgan fingerprint density at radius 2 is 1.86 bits per heavy atom. The topological polar surface area (TPSA) is 82.5 Å². The number of likely N-dealkylation sites (N-methyl/N-ethyl adjacent to an activating group) is 1. The van der Waals surface area contributed by atoms with Crippen molar-refractivity contribution in [2.24, 2.45) is 7.05 Å². The first kappa shape index (κ1) is 28.7. The Bertz CT molecular complexity index is 1770. The summed E-state index contributed by atoms with van der Waals surface area (Å²) >= 11 is 1.43. The van der Waals surface area contributed by atoms with Gasteiger partial charge in [0, 0.05) is 55.4 Å². The van der Waals surface area contributed by atoms with Gasteiger partial charge in [-0.1, -0.05) is 6.92 Å². The van der Waals surface area contributed by atoms with Crippen molar-refractivity contribution in [1.29, 1.82) is 0 Å². The first-order valence-corrected chi connectivity index (χ1v) is 15.9. The first-order valence-electron chi connectivity index (χ1n) is 15.1. The monoisotopic (exact) mass is 616 g/mol. The average Bonchev–Trinajstić information content (AvgIpc) is 3.77. The van der Waals surface area contributed by atoms with Gasteiger partial charge in [-0.25, -0.2) is 13.8 Å². The summed E-state index contributed by atoms with van der Waals surface area (Å²) in [7, 11) is 1.57. The van der Waals surface area contributed by atoms with Crippen LogP contribution in [0, 0.1) is 11.6 Å². The van der Waals surface area contributed by atoms with Crippen LogP contribution in [0.4, 0.5) is 31.7 Å². The Morgan fingerprint density at radius 3 is 2.59 bits per heavy atom. The minimum Gasteiger partial charge on any atom is -0.368 e. The summed E-state index contributed by atoms with van der Waals surface area (Å²) in [6.45, 7) is 7.05. The molecule has 11 heteroatoms. The third-order valence-corrected chi connectivity index (χ3v) is 10.6. The van der Waals surface area contributed by atoms with Gasteiger partial charge in [-0.05, 0) is 79.6 Å². The highest BCUT2D eigenvalue weighted by Gasteiger charge is 2.39. The Labute approximate surface area is 258 Å². The molecule has 0 radical (unpaired) electrons. The number of rotatable bonds is 7. The number of hydrogen-bond donors (Lipinski definition) is 2. The molecule has 3 aromatic heterocycles. The zero-order chi connectivity index (χ0) is 30.5. The molecular weight excluding hydrogens is 582 g/mol. The Kier molecular flexibility index (Phi) is 7.45. The lowest BCUT2D eigenvalue weighted by molar-refractivity contribution is 0.102. The lowest BCUT2D eigenvalue weighted by atomic mass is 9.99. The number of benzene rings is 1. The highest BCUT2D eigenvalue weighted by molar-refractivity contribution is 7.14. The van der Waals surface area contributed by atoms with E-state index in [-0.39, 0.29) is 16.8 Å². The van der Waals surface area contributed by atoms with Gasteiger partial charge in [-0.3, -0.25) is 9.59 Å². The maximum atomic E-state index is 15.9. The molecule has 2 aliphatic carbocycles. The van der Waals surface area contributed by atoms with Crippen molar-refractivity contribution in [2.45, 2.75) is 38.0 Å². The van der Waals surface area contributed by atoms with Gasteiger partial charge < -0.3 is 25.0 Å².